The molecule has 0 atom stereocenters. The average Bonchev–Trinajstić information content (AvgIpc) is 2.72. The lowest BCUT2D eigenvalue weighted by molar-refractivity contribution is 0.311. The van der Waals surface area contributed by atoms with E-state index < -0.39 is 10.0 Å². The van der Waals surface area contributed by atoms with E-state index >= 15 is 0 Å². The monoisotopic (exact) mass is 434 g/mol. The molecule has 0 aliphatic heterocycles. The highest BCUT2D eigenvalue weighted by Crippen LogP contribution is 2.30. The maximum absolute atomic E-state index is 12.6. The SMILES string of the molecule is CCNC(=NCc1ccccc1S(=O)(=O)N(C)C)Nc1ccc(OC)c(OCC)c1. The first-order valence-corrected chi connectivity index (χ1v) is 11.1. The largest absolute Gasteiger partial charge is 0.493 e. The molecule has 0 aliphatic rings. The van der Waals surface area contributed by atoms with E-state index in [0.29, 0.717) is 36.2 Å². The summed E-state index contributed by atoms with van der Waals surface area (Å²) in [7, 11) is 1.07. The molecule has 0 aromatic heterocycles. The molecule has 0 amide bonds. The van der Waals surface area contributed by atoms with Crippen LogP contribution >= 0.6 is 0 Å². The van der Waals surface area contributed by atoms with Gasteiger partial charge in [0, 0.05) is 32.4 Å². The van der Waals surface area contributed by atoms with Crippen molar-refractivity contribution in [1.82, 2.24) is 9.62 Å². The molecule has 8 nitrogen and oxygen atoms in total. The normalized spacial score (nSPS) is 12.0. The van der Waals surface area contributed by atoms with Crippen molar-refractivity contribution in [3.05, 3.63) is 48.0 Å². The van der Waals surface area contributed by atoms with E-state index in [1.54, 1.807) is 31.4 Å². The second kappa shape index (κ2) is 10.8. The van der Waals surface area contributed by atoms with Crippen LogP contribution in [0.4, 0.5) is 5.69 Å². The van der Waals surface area contributed by atoms with E-state index in [2.05, 4.69) is 15.6 Å². The maximum atomic E-state index is 12.6. The number of benzene rings is 2. The molecule has 9 heteroatoms. The predicted molar refractivity (Wildman–Crippen MR) is 120 cm³/mol. The van der Waals surface area contributed by atoms with Crippen molar-refractivity contribution in [2.75, 3.05) is 39.7 Å². The van der Waals surface area contributed by atoms with Gasteiger partial charge in [0.25, 0.3) is 0 Å². The van der Waals surface area contributed by atoms with Crippen LogP contribution in [-0.4, -0.2) is 53.0 Å². The highest BCUT2D eigenvalue weighted by atomic mass is 32.2. The topological polar surface area (TPSA) is 92.3 Å². The van der Waals surface area contributed by atoms with Gasteiger partial charge in [-0.25, -0.2) is 17.7 Å². The lowest BCUT2D eigenvalue weighted by atomic mass is 10.2. The molecular formula is C21H30N4O4S. The fraction of sp³-hybridized carbons (Fsp3) is 0.381. The molecule has 0 saturated heterocycles. The summed E-state index contributed by atoms with van der Waals surface area (Å²) in [6.07, 6.45) is 0. The van der Waals surface area contributed by atoms with Crippen molar-refractivity contribution >= 4 is 21.7 Å². The summed E-state index contributed by atoms with van der Waals surface area (Å²) in [4.78, 5) is 4.82. The number of guanidine groups is 1. The summed E-state index contributed by atoms with van der Waals surface area (Å²) >= 11 is 0. The third-order valence-electron chi connectivity index (χ3n) is 4.21. The van der Waals surface area contributed by atoms with Crippen molar-refractivity contribution < 1.29 is 17.9 Å². The molecule has 0 heterocycles. The Morgan fingerprint density at radius 2 is 1.83 bits per heavy atom. The molecule has 0 bridgehead atoms. The van der Waals surface area contributed by atoms with Crippen LogP contribution in [0.15, 0.2) is 52.4 Å². The summed E-state index contributed by atoms with van der Waals surface area (Å²) in [5.74, 6) is 1.80. The number of nitrogens with zero attached hydrogens (tertiary/aromatic N) is 2. The van der Waals surface area contributed by atoms with Gasteiger partial charge < -0.3 is 20.1 Å². The minimum absolute atomic E-state index is 0.201. The van der Waals surface area contributed by atoms with Crippen molar-refractivity contribution in [3.63, 3.8) is 0 Å². The number of hydrogen-bond donors (Lipinski definition) is 2. The first-order valence-electron chi connectivity index (χ1n) is 9.70. The van der Waals surface area contributed by atoms with Gasteiger partial charge in [-0.05, 0) is 37.6 Å². The smallest absolute Gasteiger partial charge is 0.242 e. The maximum Gasteiger partial charge on any atom is 0.242 e. The van der Waals surface area contributed by atoms with Gasteiger partial charge >= 0.3 is 0 Å². The molecule has 2 aromatic carbocycles. The van der Waals surface area contributed by atoms with Gasteiger partial charge in [-0.1, -0.05) is 18.2 Å². The number of ether oxygens (including phenoxy) is 2. The quantitative estimate of drug-likeness (QED) is 0.466. The van der Waals surface area contributed by atoms with Crippen LogP contribution < -0.4 is 20.1 Å². The van der Waals surface area contributed by atoms with Gasteiger partial charge in [0.1, 0.15) is 0 Å². The zero-order valence-corrected chi connectivity index (χ0v) is 18.9. The first-order chi connectivity index (χ1) is 14.3. The Hall–Kier alpha value is -2.78. The second-order valence-corrected chi connectivity index (χ2v) is 8.63. The number of nitrogens with one attached hydrogen (secondary N) is 2. The third kappa shape index (κ3) is 5.87. The number of rotatable bonds is 9. The Balaban J connectivity index is 2.29. The van der Waals surface area contributed by atoms with Gasteiger partial charge in [-0.15, -0.1) is 0 Å². The number of aliphatic imine (C=N–C) groups is 1. The minimum Gasteiger partial charge on any atom is -0.493 e. The van der Waals surface area contributed by atoms with Crippen LogP contribution in [0.2, 0.25) is 0 Å². The zero-order chi connectivity index (χ0) is 22.1. The molecule has 0 unspecified atom stereocenters. The number of hydrogen-bond acceptors (Lipinski definition) is 5. The van der Waals surface area contributed by atoms with Crippen molar-refractivity contribution in [2.24, 2.45) is 4.99 Å². The molecule has 2 aromatic rings. The Morgan fingerprint density at radius 1 is 1.10 bits per heavy atom. The van der Waals surface area contributed by atoms with Crippen LogP contribution in [0.25, 0.3) is 0 Å². The average molecular weight is 435 g/mol. The van der Waals surface area contributed by atoms with E-state index in [4.69, 9.17) is 9.47 Å². The first kappa shape index (κ1) is 23.5. The highest BCUT2D eigenvalue weighted by molar-refractivity contribution is 7.89. The highest BCUT2D eigenvalue weighted by Gasteiger charge is 2.20. The molecule has 2 N–H and O–H groups in total. The summed E-state index contributed by atoms with van der Waals surface area (Å²) in [6.45, 7) is 5.24. The molecule has 0 spiro atoms. The van der Waals surface area contributed by atoms with Gasteiger partial charge in [0.05, 0.1) is 25.2 Å². The van der Waals surface area contributed by atoms with E-state index in [0.717, 1.165) is 5.69 Å². The van der Waals surface area contributed by atoms with Gasteiger partial charge in [-0.2, -0.15) is 0 Å². The van der Waals surface area contributed by atoms with Crippen molar-refractivity contribution in [1.29, 1.82) is 0 Å². The molecule has 30 heavy (non-hydrogen) atoms. The molecular weight excluding hydrogens is 404 g/mol. The van der Waals surface area contributed by atoms with Crippen LogP contribution in [0.3, 0.4) is 0 Å². The van der Waals surface area contributed by atoms with Crippen LogP contribution in [0.1, 0.15) is 19.4 Å². The lowest BCUT2D eigenvalue weighted by Crippen LogP contribution is -2.30. The molecule has 2 rings (SSSR count). The van der Waals surface area contributed by atoms with E-state index in [9.17, 15) is 8.42 Å². The molecule has 0 radical (unpaired) electrons. The number of anilines is 1. The van der Waals surface area contributed by atoms with E-state index in [1.807, 2.05) is 32.0 Å². The fourth-order valence-corrected chi connectivity index (χ4v) is 3.82. The zero-order valence-electron chi connectivity index (χ0n) is 18.1. The summed E-state index contributed by atoms with van der Waals surface area (Å²) in [5.41, 5.74) is 1.39. The van der Waals surface area contributed by atoms with Gasteiger partial charge in [0.2, 0.25) is 10.0 Å². The van der Waals surface area contributed by atoms with Gasteiger partial charge in [0.15, 0.2) is 17.5 Å². The van der Waals surface area contributed by atoms with E-state index in [-0.39, 0.29) is 11.4 Å². The third-order valence-corrected chi connectivity index (χ3v) is 6.12. The standard InChI is InChI=1S/C21H30N4O4S/c1-6-22-21(24-17-12-13-18(28-5)19(14-17)29-7-2)23-15-16-10-8-9-11-20(16)30(26,27)25(3)4/h8-14H,6-7,15H2,1-5H3,(H2,22,23,24). The minimum atomic E-state index is -3.55. The Kier molecular flexibility index (Phi) is 8.49. The summed E-state index contributed by atoms with van der Waals surface area (Å²) in [6, 6.07) is 12.4. The summed E-state index contributed by atoms with van der Waals surface area (Å²) in [5, 5.41) is 6.39. The molecule has 0 fully saturated rings. The number of methoxy groups -OCH3 is 1. The van der Waals surface area contributed by atoms with E-state index in [1.165, 1.54) is 18.4 Å². The fourth-order valence-electron chi connectivity index (χ4n) is 2.71. The van der Waals surface area contributed by atoms with Crippen LogP contribution in [0.5, 0.6) is 11.5 Å². The molecule has 0 aliphatic carbocycles. The summed E-state index contributed by atoms with van der Waals surface area (Å²) < 4.78 is 37.3. The Morgan fingerprint density at radius 3 is 2.47 bits per heavy atom. The Bertz CT molecular complexity index is 975. The van der Waals surface area contributed by atoms with Crippen molar-refractivity contribution in [2.45, 2.75) is 25.3 Å². The molecule has 0 saturated carbocycles. The predicted octanol–water partition coefficient (Wildman–Crippen LogP) is 2.92. The van der Waals surface area contributed by atoms with Crippen molar-refractivity contribution in [3.8, 4) is 11.5 Å². The molecule has 164 valence electrons. The van der Waals surface area contributed by atoms with Crippen LogP contribution in [-0.2, 0) is 16.6 Å². The Labute approximate surface area is 179 Å². The second-order valence-electron chi connectivity index (χ2n) is 6.51. The van der Waals surface area contributed by atoms with Crippen LogP contribution in [0, 0.1) is 0 Å². The van der Waals surface area contributed by atoms with Gasteiger partial charge in [-0.3, -0.25) is 0 Å². The number of sulfonamides is 1. The lowest BCUT2D eigenvalue weighted by Gasteiger charge is -2.16.